The van der Waals surface area contributed by atoms with Crippen molar-refractivity contribution in [3.8, 4) is 11.5 Å². The summed E-state index contributed by atoms with van der Waals surface area (Å²) in [5.41, 5.74) is 20.7. The van der Waals surface area contributed by atoms with Gasteiger partial charge in [-0.25, -0.2) is 15.8 Å². The maximum absolute atomic E-state index is 14.0. The minimum Gasteiger partial charge on any atom is -0.491 e. The Morgan fingerprint density at radius 3 is 2.15 bits per heavy atom. The first-order chi connectivity index (χ1) is 36.0. The van der Waals surface area contributed by atoms with Gasteiger partial charge in [0.25, 0.3) is 11.8 Å². The molecule has 3 amide bonds. The number of hydrogen-bond acceptors (Lipinski definition) is 17. The van der Waals surface area contributed by atoms with E-state index in [0.29, 0.717) is 95.1 Å². The van der Waals surface area contributed by atoms with Crippen LogP contribution < -0.4 is 54.3 Å². The van der Waals surface area contributed by atoms with Gasteiger partial charge in [-0.1, -0.05) is 18.2 Å². The van der Waals surface area contributed by atoms with Crippen molar-refractivity contribution >= 4 is 75.2 Å². The number of aliphatic imine (C=N–C) groups is 1. The molecule has 2 aromatic carbocycles. The topological polar surface area (TPSA) is 352 Å². The van der Waals surface area contributed by atoms with E-state index in [1.54, 1.807) is 70.7 Å². The number of amides is 3. The Balaban J connectivity index is 0.00000514. The molecule has 0 radical (unpaired) electrons. The first-order valence-corrected chi connectivity index (χ1v) is 24.2. The monoisotopic (exact) mass is 1030 g/mol. The molecule has 0 aliphatic carbocycles. The number of fused-ring (bicyclic) bond motifs is 2. The van der Waals surface area contributed by atoms with Gasteiger partial charge in [0.15, 0.2) is 0 Å². The van der Waals surface area contributed by atoms with E-state index < -0.39 is 17.7 Å². The molecule has 0 aliphatic rings. The van der Waals surface area contributed by atoms with E-state index in [1.807, 2.05) is 51.3 Å². The number of aryl methyl sites for hydroxylation is 2. The van der Waals surface area contributed by atoms with Crippen LogP contribution in [0.25, 0.3) is 22.1 Å². The lowest BCUT2D eigenvalue weighted by Gasteiger charge is -2.15. The number of nitrogens with one attached hydrogen (secondary N) is 3. The number of anilines is 3. The Hall–Kier alpha value is -8.84. The van der Waals surface area contributed by atoms with E-state index in [-0.39, 0.29) is 61.3 Å². The molecule has 25 nitrogen and oxygen atoms in total. The molecule has 6 aromatic rings. The van der Waals surface area contributed by atoms with Gasteiger partial charge in [-0.3, -0.25) is 44.2 Å². The lowest BCUT2D eigenvalue weighted by Crippen LogP contribution is -2.34. The highest BCUT2D eigenvalue weighted by atomic mass is 16.5. The number of carbonyl (C=O) groups excluding carboxylic acids is 4. The third kappa shape index (κ3) is 15.1. The number of aldehydes is 1. The number of hydrazine groups is 1. The van der Waals surface area contributed by atoms with Gasteiger partial charge >= 0.3 is 0 Å². The van der Waals surface area contributed by atoms with Crippen LogP contribution in [0, 0.1) is 6.92 Å². The highest BCUT2D eigenvalue weighted by Crippen LogP contribution is 2.33. The van der Waals surface area contributed by atoms with E-state index in [1.165, 1.54) is 30.3 Å². The summed E-state index contributed by atoms with van der Waals surface area (Å²) < 4.78 is 19.5. The van der Waals surface area contributed by atoms with Gasteiger partial charge in [-0.15, -0.1) is 0 Å². The molecule has 4 heterocycles. The molecule has 0 bridgehead atoms. The summed E-state index contributed by atoms with van der Waals surface area (Å²) in [5.74, 6) is 11.0. The second-order valence-electron chi connectivity index (χ2n) is 17.1. The number of carbonyl (C=O) groups is 4. The van der Waals surface area contributed by atoms with Crippen LogP contribution in [0.15, 0.2) is 88.9 Å². The molecule has 0 saturated heterocycles. The number of benzene rings is 2. The molecule has 0 saturated carbocycles. The minimum atomic E-state index is -0.701. The van der Waals surface area contributed by atoms with Gasteiger partial charge in [0.2, 0.25) is 17.8 Å². The minimum absolute atomic E-state index is 0.0850. The smallest absolute Gasteiger partial charge is 0.276 e. The Morgan fingerprint density at radius 2 is 1.55 bits per heavy atom. The summed E-state index contributed by atoms with van der Waals surface area (Å²) in [7, 11) is 3.13. The van der Waals surface area contributed by atoms with E-state index >= 15 is 0 Å². The summed E-state index contributed by atoms with van der Waals surface area (Å²) >= 11 is 0. The fourth-order valence-corrected chi connectivity index (χ4v) is 7.69. The summed E-state index contributed by atoms with van der Waals surface area (Å²) in [6, 6.07) is 8.19. The van der Waals surface area contributed by atoms with Crippen LogP contribution in [0.3, 0.4) is 0 Å². The number of imidazole rings is 2. The van der Waals surface area contributed by atoms with Gasteiger partial charge in [0.05, 0.1) is 41.8 Å². The zero-order chi connectivity index (χ0) is 54.8. The van der Waals surface area contributed by atoms with Gasteiger partial charge in [0, 0.05) is 68.7 Å². The van der Waals surface area contributed by atoms with Crippen molar-refractivity contribution in [3.05, 3.63) is 101 Å². The molecule has 75 heavy (non-hydrogen) atoms. The van der Waals surface area contributed by atoms with Crippen molar-refractivity contribution in [1.82, 2.24) is 43.7 Å². The first kappa shape index (κ1) is 57.1. The predicted octanol–water partition coefficient (Wildman–Crippen LogP) is 4.06. The van der Waals surface area contributed by atoms with Gasteiger partial charge in [-0.05, 0) is 97.5 Å². The van der Waals surface area contributed by atoms with Crippen molar-refractivity contribution in [2.75, 3.05) is 49.8 Å². The molecule has 6 rings (SSSR count). The van der Waals surface area contributed by atoms with Crippen LogP contribution in [-0.2, 0) is 31.0 Å². The van der Waals surface area contributed by atoms with E-state index in [0.717, 1.165) is 5.69 Å². The second kappa shape index (κ2) is 27.3. The third-order valence-corrected chi connectivity index (χ3v) is 10.9. The van der Waals surface area contributed by atoms with Crippen molar-refractivity contribution < 1.29 is 28.7 Å². The normalized spacial score (nSPS) is 12.2. The summed E-state index contributed by atoms with van der Waals surface area (Å²) in [6.07, 6.45) is 14.1. The van der Waals surface area contributed by atoms with E-state index in [9.17, 15) is 19.2 Å². The van der Waals surface area contributed by atoms with E-state index in [2.05, 4.69) is 42.0 Å². The highest BCUT2D eigenvalue weighted by molar-refractivity contribution is 6.47. The molecule has 4 aromatic heterocycles. The Kier molecular flexibility index (Phi) is 20.8. The van der Waals surface area contributed by atoms with Crippen LogP contribution in [0.4, 0.5) is 17.6 Å². The maximum atomic E-state index is 14.0. The molecule has 0 fully saturated rings. The number of rotatable bonds is 25. The Morgan fingerprint density at radius 1 is 0.893 bits per heavy atom. The van der Waals surface area contributed by atoms with Crippen LogP contribution in [0.2, 0.25) is 0 Å². The van der Waals surface area contributed by atoms with Gasteiger partial charge in [-0.2, -0.15) is 15.3 Å². The van der Waals surface area contributed by atoms with Crippen LogP contribution in [-0.4, -0.2) is 119 Å². The maximum Gasteiger partial charge on any atom is 0.276 e. The van der Waals surface area contributed by atoms with Crippen LogP contribution in [0.1, 0.15) is 84.4 Å². The summed E-state index contributed by atoms with van der Waals surface area (Å²) in [6.45, 7) is 12.9. The molecule has 25 heteroatoms. The van der Waals surface area contributed by atoms with Gasteiger partial charge < -0.3 is 52.0 Å². The molecular formula is C50H69N19O6. The molecule has 0 unspecified atom stereocenters. The zero-order valence-electron chi connectivity index (χ0n) is 43.7. The fraction of sp³-hybridized carbons (Fsp3) is 0.360. The van der Waals surface area contributed by atoms with Crippen molar-refractivity contribution in [1.29, 1.82) is 0 Å². The molecule has 400 valence electrons. The number of hydrogen-bond donors (Lipinski definition) is 8. The number of nitrogens with zero attached hydrogens (tertiary/aromatic N) is 11. The number of amidine groups is 1. The number of aromatic nitrogens is 8. The van der Waals surface area contributed by atoms with Gasteiger partial charge in [0.1, 0.15) is 52.7 Å². The second-order valence-corrected chi connectivity index (χ2v) is 17.1. The standard InChI is InChI=1S/C49H64N18O6.CH5N/c1-8-54-38(21-31(5)50)46(70)59-48-57-36-23-33(29-68)24-40(73-20-14-15-42(61-52)63(7)53)43(36)65(48)17-10-11-18-66-44-37(58-49(66)60-47(71)39-22-32(6)62-67(39)9-2)25-34(45(51)69)26-41(44)72-19-13-12-16-64-28-35(27-55-64)56-30(3)4;1-2/h10-13,21-30,56H,8-9,14-20,50,52-53H2,1-7H3,(H2,51,69)(H,57,59,70)(H,58,60,71);2H2,1H3/b11-10+,13-12+,31-21-,54-38?,61-42-;. The Bertz CT molecular complexity index is 3110. The molecule has 13 N–H and O–H groups in total. The summed E-state index contributed by atoms with van der Waals surface area (Å²) in [5, 5.41) is 23.1. The third-order valence-electron chi connectivity index (χ3n) is 10.9. The highest BCUT2D eigenvalue weighted by Gasteiger charge is 2.23. The quantitative estimate of drug-likeness (QED) is 0.00762. The average molecular weight is 1030 g/mol. The van der Waals surface area contributed by atoms with Crippen molar-refractivity contribution in [3.63, 3.8) is 0 Å². The zero-order valence-corrected chi connectivity index (χ0v) is 43.7. The van der Waals surface area contributed by atoms with E-state index in [4.69, 9.17) is 42.6 Å². The Labute approximate surface area is 434 Å². The fourth-order valence-electron chi connectivity index (χ4n) is 7.69. The number of hydrazone groups is 1. The SMILES string of the molecule is CCN=C(/C=C(/C)N)C(=O)Nc1nc2cc(C=O)cc(OCCC/C(=N/N)N(C)N)c2n1C/C=C/Cn1c(NC(=O)c2cc(C)nn2CC)nc2cc(C(N)=O)cc(OC/C=C/Cn3cc(NC(C)C)cn3)c21.CN. The molecule has 0 atom stereocenters. The van der Waals surface area contributed by atoms with Crippen molar-refractivity contribution in [2.24, 2.45) is 39.0 Å². The first-order valence-electron chi connectivity index (χ1n) is 24.2. The number of allylic oxidation sites excluding steroid dienone is 4. The summed E-state index contributed by atoms with van der Waals surface area (Å²) in [4.78, 5) is 66.5. The van der Waals surface area contributed by atoms with Crippen molar-refractivity contribution in [2.45, 2.75) is 86.6 Å². The number of primary amides is 1. The molecule has 0 aliphatic heterocycles. The predicted molar refractivity (Wildman–Crippen MR) is 292 cm³/mol. The number of ether oxygens (including phenoxy) is 2. The largest absolute Gasteiger partial charge is 0.491 e. The number of nitrogens with two attached hydrogens (primary N) is 5. The molecular weight excluding hydrogens is 963 g/mol. The van der Waals surface area contributed by atoms with Crippen LogP contribution >= 0.6 is 0 Å². The lowest BCUT2D eigenvalue weighted by atomic mass is 10.1. The molecule has 0 spiro atoms. The lowest BCUT2D eigenvalue weighted by molar-refractivity contribution is -0.110. The van der Waals surface area contributed by atoms with Crippen LogP contribution in [0.5, 0.6) is 11.5 Å². The average Bonchev–Trinajstić information content (AvgIpc) is 4.16.